The Bertz CT molecular complexity index is 236. The Hall–Kier alpha value is -1.01. The molecule has 1 aliphatic rings. The van der Waals surface area contributed by atoms with Crippen molar-refractivity contribution < 1.29 is 9.90 Å². The van der Waals surface area contributed by atoms with Gasteiger partial charge in [-0.3, -0.25) is 4.79 Å². The largest absolute Gasteiger partial charge is 0.386 e. The van der Waals surface area contributed by atoms with Gasteiger partial charge in [-0.05, 0) is 6.42 Å². The van der Waals surface area contributed by atoms with Crippen molar-refractivity contribution in [1.29, 1.82) is 0 Å². The minimum Gasteiger partial charge on any atom is -0.386 e. The molecule has 1 N–H and O–H groups in total. The smallest absolute Gasteiger partial charge is 0.234 e. The van der Waals surface area contributed by atoms with Gasteiger partial charge >= 0.3 is 0 Å². The highest BCUT2D eigenvalue weighted by molar-refractivity contribution is 5.79. The van der Waals surface area contributed by atoms with Crippen molar-refractivity contribution in [2.75, 3.05) is 13.1 Å². The summed E-state index contributed by atoms with van der Waals surface area (Å²) in [5.74, 6) is 2.25. The maximum Gasteiger partial charge on any atom is 0.234 e. The van der Waals surface area contributed by atoms with Gasteiger partial charge in [-0.25, -0.2) is 0 Å². The first-order valence-electron chi connectivity index (χ1n) is 4.55. The van der Waals surface area contributed by atoms with Gasteiger partial charge in [0.25, 0.3) is 0 Å². The Kier molecular flexibility index (Phi) is 2.94. The standard InChI is InChI=1S/C10H15NO2/c1-3-5-9(12)11-7-10(13,8-11)6-4-2/h1,13H,4-8H2,2H3. The Morgan fingerprint density at radius 3 is 2.77 bits per heavy atom. The fourth-order valence-electron chi connectivity index (χ4n) is 1.66. The molecule has 0 unspecified atom stereocenters. The Morgan fingerprint density at radius 2 is 2.31 bits per heavy atom. The van der Waals surface area contributed by atoms with Crippen LogP contribution in [0.3, 0.4) is 0 Å². The van der Waals surface area contributed by atoms with Crippen molar-refractivity contribution in [2.45, 2.75) is 31.8 Å². The van der Waals surface area contributed by atoms with Crippen LogP contribution in [-0.4, -0.2) is 34.6 Å². The summed E-state index contributed by atoms with van der Waals surface area (Å²) in [5, 5.41) is 9.75. The maximum atomic E-state index is 11.2. The van der Waals surface area contributed by atoms with E-state index in [1.165, 1.54) is 0 Å². The van der Waals surface area contributed by atoms with E-state index in [9.17, 15) is 9.90 Å². The Balaban J connectivity index is 2.32. The quantitative estimate of drug-likeness (QED) is 0.639. The first kappa shape index (κ1) is 10.1. The lowest BCUT2D eigenvalue weighted by molar-refractivity contribution is -0.155. The van der Waals surface area contributed by atoms with E-state index in [4.69, 9.17) is 6.42 Å². The SMILES string of the molecule is C#CCC(=O)N1CC(O)(CCC)C1. The van der Waals surface area contributed by atoms with Crippen LogP contribution >= 0.6 is 0 Å². The molecule has 1 heterocycles. The van der Waals surface area contributed by atoms with E-state index in [0.717, 1.165) is 12.8 Å². The van der Waals surface area contributed by atoms with E-state index in [1.807, 2.05) is 6.92 Å². The molecule has 1 amide bonds. The van der Waals surface area contributed by atoms with Crippen molar-refractivity contribution in [3.63, 3.8) is 0 Å². The third-order valence-electron chi connectivity index (χ3n) is 2.29. The van der Waals surface area contributed by atoms with Gasteiger partial charge in [-0.1, -0.05) is 19.3 Å². The Morgan fingerprint density at radius 1 is 1.69 bits per heavy atom. The molecular formula is C10H15NO2. The number of amides is 1. The number of nitrogens with zero attached hydrogens (tertiary/aromatic N) is 1. The van der Waals surface area contributed by atoms with Crippen LogP contribution in [0, 0.1) is 12.3 Å². The van der Waals surface area contributed by atoms with Gasteiger partial charge in [0, 0.05) is 0 Å². The topological polar surface area (TPSA) is 40.5 Å². The number of hydrogen-bond donors (Lipinski definition) is 1. The maximum absolute atomic E-state index is 11.2. The highest BCUT2D eigenvalue weighted by Crippen LogP contribution is 2.25. The lowest BCUT2D eigenvalue weighted by Crippen LogP contribution is -2.63. The van der Waals surface area contributed by atoms with Crippen molar-refractivity contribution in [3.8, 4) is 12.3 Å². The molecule has 13 heavy (non-hydrogen) atoms. The fraction of sp³-hybridized carbons (Fsp3) is 0.700. The number of rotatable bonds is 3. The van der Waals surface area contributed by atoms with Crippen LogP contribution < -0.4 is 0 Å². The predicted molar refractivity (Wildman–Crippen MR) is 49.9 cm³/mol. The summed E-state index contributed by atoms with van der Waals surface area (Å²) in [6, 6.07) is 0. The lowest BCUT2D eigenvalue weighted by Gasteiger charge is -2.46. The zero-order chi connectivity index (χ0) is 9.90. The van der Waals surface area contributed by atoms with E-state index in [2.05, 4.69) is 5.92 Å². The molecule has 3 heteroatoms. The molecule has 0 aromatic heterocycles. The first-order chi connectivity index (χ1) is 6.11. The van der Waals surface area contributed by atoms with Crippen molar-refractivity contribution in [3.05, 3.63) is 0 Å². The molecule has 0 aromatic carbocycles. The minimum absolute atomic E-state index is 0.0525. The van der Waals surface area contributed by atoms with Crippen LogP contribution in [0.15, 0.2) is 0 Å². The summed E-state index contributed by atoms with van der Waals surface area (Å²) >= 11 is 0. The second-order valence-corrected chi connectivity index (χ2v) is 3.61. The van der Waals surface area contributed by atoms with Crippen molar-refractivity contribution >= 4 is 5.91 Å². The number of carbonyl (C=O) groups excluding carboxylic acids is 1. The second kappa shape index (κ2) is 3.80. The van der Waals surface area contributed by atoms with Gasteiger partial charge in [0.05, 0.1) is 25.1 Å². The molecule has 0 bridgehead atoms. The molecular weight excluding hydrogens is 166 g/mol. The zero-order valence-electron chi connectivity index (χ0n) is 7.92. The number of likely N-dealkylation sites (tertiary alicyclic amines) is 1. The highest BCUT2D eigenvalue weighted by Gasteiger charge is 2.42. The molecule has 1 saturated heterocycles. The zero-order valence-corrected chi connectivity index (χ0v) is 7.92. The molecule has 0 aromatic rings. The Labute approximate surface area is 78.7 Å². The van der Waals surface area contributed by atoms with Crippen LogP contribution in [0.5, 0.6) is 0 Å². The number of carbonyl (C=O) groups is 1. The van der Waals surface area contributed by atoms with Crippen LogP contribution in [0.1, 0.15) is 26.2 Å². The van der Waals surface area contributed by atoms with Gasteiger partial charge < -0.3 is 10.0 Å². The average Bonchev–Trinajstić information content (AvgIpc) is 2.01. The third kappa shape index (κ3) is 2.22. The summed E-state index contributed by atoms with van der Waals surface area (Å²) in [6.07, 6.45) is 6.85. The van der Waals surface area contributed by atoms with E-state index in [1.54, 1.807) is 4.90 Å². The van der Waals surface area contributed by atoms with Gasteiger partial charge in [0.15, 0.2) is 0 Å². The van der Waals surface area contributed by atoms with Crippen LogP contribution in [0.25, 0.3) is 0 Å². The summed E-state index contributed by atoms with van der Waals surface area (Å²) in [4.78, 5) is 12.8. The molecule has 0 atom stereocenters. The van der Waals surface area contributed by atoms with Crippen molar-refractivity contribution in [1.82, 2.24) is 4.90 Å². The van der Waals surface area contributed by atoms with Gasteiger partial charge in [0.1, 0.15) is 0 Å². The molecule has 72 valence electrons. The molecule has 0 saturated carbocycles. The number of terminal acetylenes is 1. The van der Waals surface area contributed by atoms with E-state index in [0.29, 0.717) is 13.1 Å². The first-order valence-corrected chi connectivity index (χ1v) is 4.55. The summed E-state index contributed by atoms with van der Waals surface area (Å²) < 4.78 is 0. The van der Waals surface area contributed by atoms with E-state index < -0.39 is 5.60 Å². The van der Waals surface area contributed by atoms with Gasteiger partial charge in [-0.15, -0.1) is 6.42 Å². The minimum atomic E-state index is -0.640. The van der Waals surface area contributed by atoms with Gasteiger partial charge in [-0.2, -0.15) is 0 Å². The molecule has 0 radical (unpaired) electrons. The predicted octanol–water partition coefficient (Wildman–Crippen LogP) is 0.383. The molecule has 0 aliphatic carbocycles. The number of aliphatic hydroxyl groups is 1. The lowest BCUT2D eigenvalue weighted by atomic mass is 9.89. The second-order valence-electron chi connectivity index (χ2n) is 3.61. The van der Waals surface area contributed by atoms with Crippen LogP contribution in [-0.2, 0) is 4.79 Å². The summed E-state index contributed by atoms with van der Waals surface area (Å²) in [7, 11) is 0. The number of β-amino-alcohol motifs (C(OH)–C–C–N with tert-alkyl or cyclic N) is 1. The number of hydrogen-bond acceptors (Lipinski definition) is 2. The third-order valence-corrected chi connectivity index (χ3v) is 2.29. The van der Waals surface area contributed by atoms with Crippen LogP contribution in [0.2, 0.25) is 0 Å². The summed E-state index contributed by atoms with van der Waals surface area (Å²) in [5.41, 5.74) is -0.640. The van der Waals surface area contributed by atoms with E-state index in [-0.39, 0.29) is 12.3 Å². The van der Waals surface area contributed by atoms with E-state index >= 15 is 0 Å². The molecule has 1 rings (SSSR count). The molecule has 1 fully saturated rings. The summed E-state index contributed by atoms with van der Waals surface area (Å²) in [6.45, 7) is 2.91. The highest BCUT2D eigenvalue weighted by atomic mass is 16.3. The molecule has 1 aliphatic heterocycles. The van der Waals surface area contributed by atoms with Gasteiger partial charge in [0.2, 0.25) is 5.91 Å². The van der Waals surface area contributed by atoms with Crippen molar-refractivity contribution in [2.24, 2.45) is 0 Å². The molecule has 0 spiro atoms. The fourth-order valence-corrected chi connectivity index (χ4v) is 1.66. The normalized spacial score (nSPS) is 19.0. The van der Waals surface area contributed by atoms with Crippen LogP contribution in [0.4, 0.5) is 0 Å². The monoisotopic (exact) mass is 181 g/mol. The molecule has 3 nitrogen and oxygen atoms in total. The average molecular weight is 181 g/mol.